The van der Waals surface area contributed by atoms with Crippen LogP contribution in [0.2, 0.25) is 0 Å². The number of rotatable bonds is 8. The zero-order valence-electron chi connectivity index (χ0n) is 17.1. The molecule has 30 heavy (non-hydrogen) atoms. The molecule has 0 bridgehead atoms. The molecule has 0 radical (unpaired) electrons. The van der Waals surface area contributed by atoms with E-state index in [1.807, 2.05) is 47.0 Å². The summed E-state index contributed by atoms with van der Waals surface area (Å²) in [6.45, 7) is 11.4. The summed E-state index contributed by atoms with van der Waals surface area (Å²) >= 11 is 7.52. The van der Waals surface area contributed by atoms with E-state index in [9.17, 15) is 9.59 Å². The zero-order valence-corrected chi connectivity index (χ0v) is 20.4. The average Bonchev–Trinajstić information content (AvgIpc) is 3.40. The quantitative estimate of drug-likeness (QED) is 0.350. The van der Waals surface area contributed by atoms with Crippen molar-refractivity contribution in [2.75, 3.05) is 24.7 Å². The highest BCUT2D eigenvalue weighted by atomic mass is 32.2. The van der Waals surface area contributed by atoms with Crippen LogP contribution in [0, 0.1) is 0 Å². The van der Waals surface area contributed by atoms with Crippen LogP contribution < -0.4 is 0 Å². The summed E-state index contributed by atoms with van der Waals surface area (Å²) in [6.07, 6.45) is 0. The lowest BCUT2D eigenvalue weighted by molar-refractivity contribution is -0.139. The lowest BCUT2D eigenvalue weighted by atomic mass is 10.1. The van der Waals surface area contributed by atoms with Gasteiger partial charge in [-0.2, -0.15) is 0 Å². The molecule has 4 nitrogen and oxygen atoms in total. The molecule has 2 aliphatic heterocycles. The first-order chi connectivity index (χ1) is 14.3. The maximum atomic E-state index is 11.6. The van der Waals surface area contributed by atoms with E-state index in [4.69, 9.17) is 9.47 Å². The Morgan fingerprint density at radius 3 is 1.73 bits per heavy atom. The maximum absolute atomic E-state index is 11.6. The summed E-state index contributed by atoms with van der Waals surface area (Å²) in [6, 6.07) is 8.76. The second kappa shape index (κ2) is 11.1. The Kier molecular flexibility index (Phi) is 8.74. The van der Waals surface area contributed by atoms with Crippen molar-refractivity contribution in [3.8, 4) is 0 Å². The van der Waals surface area contributed by atoms with E-state index in [0.717, 1.165) is 11.5 Å². The van der Waals surface area contributed by atoms with Gasteiger partial charge in [0.25, 0.3) is 0 Å². The first-order valence-electron chi connectivity index (χ1n) is 9.62. The number of esters is 2. The fourth-order valence-electron chi connectivity index (χ4n) is 2.86. The van der Waals surface area contributed by atoms with Crippen molar-refractivity contribution >= 4 is 59.0 Å². The highest BCUT2D eigenvalue weighted by Crippen LogP contribution is 2.52. The average molecular weight is 483 g/mol. The molecule has 8 heteroatoms. The van der Waals surface area contributed by atoms with Gasteiger partial charge >= 0.3 is 11.9 Å². The van der Waals surface area contributed by atoms with Crippen molar-refractivity contribution in [3.63, 3.8) is 0 Å². The molecule has 2 saturated heterocycles. The Bertz CT molecular complexity index is 762. The van der Waals surface area contributed by atoms with E-state index >= 15 is 0 Å². The highest BCUT2D eigenvalue weighted by molar-refractivity contribution is 8.20. The van der Waals surface area contributed by atoms with Crippen LogP contribution in [-0.2, 0) is 19.1 Å². The van der Waals surface area contributed by atoms with Gasteiger partial charge in [-0.3, -0.25) is 0 Å². The monoisotopic (exact) mass is 482 g/mol. The molecule has 0 saturated carbocycles. The molecule has 162 valence electrons. The first kappa shape index (κ1) is 23.7. The number of benzene rings is 1. The molecule has 1 aromatic carbocycles. The maximum Gasteiger partial charge on any atom is 0.333 e. The second-order valence-corrected chi connectivity index (χ2v) is 13.0. The molecule has 4 unspecified atom stereocenters. The second-order valence-electron chi connectivity index (χ2n) is 7.27. The third kappa shape index (κ3) is 6.52. The van der Waals surface area contributed by atoms with Gasteiger partial charge in [-0.25, -0.2) is 9.59 Å². The van der Waals surface area contributed by atoms with E-state index < -0.39 is 0 Å². The third-order valence-electron chi connectivity index (χ3n) is 4.45. The van der Waals surface area contributed by atoms with Gasteiger partial charge in [0.15, 0.2) is 0 Å². The molecule has 2 aliphatic rings. The third-order valence-corrected chi connectivity index (χ3v) is 11.1. The normalized spacial score (nSPS) is 25.7. The molecule has 0 N–H and O–H groups in total. The van der Waals surface area contributed by atoms with E-state index in [1.54, 1.807) is 13.8 Å². The SMILES string of the molecule is C=C(C)C(=O)OCC1CSC(c2cccc(C3SCC(COC(=O)C(=C)C)S3)c2)S1. The number of hydrogen-bond acceptors (Lipinski definition) is 8. The number of thioether (sulfide) groups is 4. The van der Waals surface area contributed by atoms with Crippen LogP contribution in [0.25, 0.3) is 0 Å². The smallest absolute Gasteiger partial charge is 0.333 e. The van der Waals surface area contributed by atoms with Crippen LogP contribution in [0.15, 0.2) is 48.6 Å². The predicted molar refractivity (Wildman–Crippen MR) is 131 cm³/mol. The van der Waals surface area contributed by atoms with Gasteiger partial charge in [0, 0.05) is 33.2 Å². The van der Waals surface area contributed by atoms with Crippen LogP contribution in [0.4, 0.5) is 0 Å². The van der Waals surface area contributed by atoms with E-state index in [2.05, 4.69) is 37.4 Å². The minimum absolute atomic E-state index is 0.301. The molecular weight excluding hydrogens is 457 g/mol. The summed E-state index contributed by atoms with van der Waals surface area (Å²) in [5.74, 6) is 1.30. The summed E-state index contributed by atoms with van der Waals surface area (Å²) in [5.41, 5.74) is 3.48. The minimum atomic E-state index is -0.315. The fraction of sp³-hybridized carbons (Fsp3) is 0.455. The molecule has 0 spiro atoms. The zero-order chi connectivity index (χ0) is 21.7. The van der Waals surface area contributed by atoms with E-state index in [1.165, 1.54) is 11.1 Å². The first-order valence-corrected chi connectivity index (χ1v) is 13.6. The van der Waals surface area contributed by atoms with Crippen LogP contribution in [-0.4, -0.2) is 47.2 Å². The Balaban J connectivity index is 1.52. The van der Waals surface area contributed by atoms with Crippen LogP contribution in [0.5, 0.6) is 0 Å². The van der Waals surface area contributed by atoms with Gasteiger partial charge in [-0.05, 0) is 25.0 Å². The van der Waals surface area contributed by atoms with Crippen LogP contribution >= 0.6 is 47.0 Å². The Labute approximate surface area is 195 Å². The Morgan fingerprint density at radius 2 is 1.33 bits per heavy atom. The summed E-state index contributed by atoms with van der Waals surface area (Å²) < 4.78 is 11.3. The Morgan fingerprint density at radius 1 is 0.900 bits per heavy atom. The molecule has 0 amide bonds. The topological polar surface area (TPSA) is 52.6 Å². The van der Waals surface area contributed by atoms with Crippen LogP contribution in [0.1, 0.15) is 34.1 Å². The summed E-state index contributed by atoms with van der Waals surface area (Å²) in [4.78, 5) is 23.2. The van der Waals surface area contributed by atoms with Crippen molar-refractivity contribution in [1.82, 2.24) is 0 Å². The number of carbonyl (C=O) groups is 2. The predicted octanol–water partition coefficient (Wildman–Crippen LogP) is 5.62. The Hall–Kier alpha value is -0.960. The molecule has 3 rings (SSSR count). The van der Waals surface area contributed by atoms with Gasteiger partial charge in [0.1, 0.15) is 13.2 Å². The molecule has 0 aliphatic carbocycles. The van der Waals surface area contributed by atoms with Crippen molar-refractivity contribution in [2.24, 2.45) is 0 Å². The van der Waals surface area contributed by atoms with Crippen molar-refractivity contribution < 1.29 is 19.1 Å². The molecule has 1 aromatic rings. The molecule has 0 aromatic heterocycles. The van der Waals surface area contributed by atoms with Gasteiger partial charge in [0.2, 0.25) is 0 Å². The van der Waals surface area contributed by atoms with Crippen molar-refractivity contribution in [2.45, 2.75) is 33.5 Å². The molecule has 2 heterocycles. The summed E-state index contributed by atoms with van der Waals surface area (Å²) in [7, 11) is 0. The van der Waals surface area contributed by atoms with Gasteiger partial charge in [-0.15, -0.1) is 47.0 Å². The number of carbonyl (C=O) groups excluding carboxylic acids is 2. The standard InChI is InChI=1S/C22H26O4S4/c1-13(2)19(23)25-9-17-11-27-21(29-17)15-6-5-7-16(8-15)22-28-12-18(30-22)10-26-20(24)14(3)4/h5-8,17-18,21-22H,1,3,9-12H2,2,4H3. The van der Waals surface area contributed by atoms with Crippen LogP contribution in [0.3, 0.4) is 0 Å². The largest absolute Gasteiger partial charge is 0.461 e. The van der Waals surface area contributed by atoms with E-state index in [0.29, 0.717) is 44.0 Å². The van der Waals surface area contributed by atoms with Gasteiger partial charge < -0.3 is 9.47 Å². The lowest BCUT2D eigenvalue weighted by Gasteiger charge is -2.15. The van der Waals surface area contributed by atoms with Crippen molar-refractivity contribution in [1.29, 1.82) is 0 Å². The highest BCUT2D eigenvalue weighted by Gasteiger charge is 2.31. The number of ether oxygens (including phenoxy) is 2. The number of hydrogen-bond donors (Lipinski definition) is 0. The minimum Gasteiger partial charge on any atom is -0.461 e. The van der Waals surface area contributed by atoms with Gasteiger partial charge in [0.05, 0.1) is 9.16 Å². The van der Waals surface area contributed by atoms with Gasteiger partial charge in [-0.1, -0.05) is 37.4 Å². The summed E-state index contributed by atoms with van der Waals surface area (Å²) in [5, 5.41) is 0.601. The molecule has 2 fully saturated rings. The lowest BCUT2D eigenvalue weighted by Crippen LogP contribution is -2.16. The molecule has 4 atom stereocenters. The fourth-order valence-corrected chi connectivity index (χ4v) is 9.25. The van der Waals surface area contributed by atoms with E-state index in [-0.39, 0.29) is 11.9 Å². The van der Waals surface area contributed by atoms with Crippen molar-refractivity contribution in [3.05, 3.63) is 59.7 Å². The molecular formula is C22H26O4S4.